The molecule has 4 heteroatoms. The van der Waals surface area contributed by atoms with Gasteiger partial charge in [0.1, 0.15) is 5.52 Å². The van der Waals surface area contributed by atoms with Crippen LogP contribution in [0.3, 0.4) is 0 Å². The molecule has 20 heavy (non-hydrogen) atoms. The Morgan fingerprint density at radius 1 is 1.00 bits per heavy atom. The third-order valence-electron chi connectivity index (χ3n) is 3.20. The number of hydrogen-bond acceptors (Lipinski definition) is 3. The van der Waals surface area contributed by atoms with Crippen LogP contribution in [0.15, 0.2) is 48.5 Å². The van der Waals surface area contributed by atoms with E-state index in [2.05, 4.69) is 39.5 Å². The topological polar surface area (TPSA) is 34.0 Å². The standard InChI is InChI=1S/C16H16N4/c1-19(2)14-9-7-13(8-10-14)11-12-20-16-6-4-3-5-15(16)17-18-20/h3-12H,1-2H3/b12-11+. The maximum atomic E-state index is 4.13. The summed E-state index contributed by atoms with van der Waals surface area (Å²) in [6.45, 7) is 0. The van der Waals surface area contributed by atoms with Gasteiger partial charge in [0.25, 0.3) is 0 Å². The quantitative estimate of drug-likeness (QED) is 0.729. The zero-order valence-corrected chi connectivity index (χ0v) is 11.6. The average Bonchev–Trinajstić information content (AvgIpc) is 2.89. The van der Waals surface area contributed by atoms with Crippen molar-refractivity contribution in [1.82, 2.24) is 15.0 Å². The number of hydrogen-bond donors (Lipinski definition) is 0. The molecular weight excluding hydrogens is 248 g/mol. The molecule has 0 aliphatic heterocycles. The van der Waals surface area contributed by atoms with E-state index in [9.17, 15) is 0 Å². The van der Waals surface area contributed by atoms with Crippen LogP contribution in [0.1, 0.15) is 5.56 Å². The number of anilines is 1. The molecular formula is C16H16N4. The summed E-state index contributed by atoms with van der Waals surface area (Å²) in [7, 11) is 4.07. The first-order chi connectivity index (χ1) is 9.74. The van der Waals surface area contributed by atoms with E-state index in [0.29, 0.717) is 0 Å². The molecule has 3 aromatic rings. The molecule has 2 aromatic carbocycles. The first-order valence-electron chi connectivity index (χ1n) is 6.49. The molecule has 0 saturated carbocycles. The van der Waals surface area contributed by atoms with Crippen molar-refractivity contribution in [2.45, 2.75) is 0 Å². The van der Waals surface area contributed by atoms with Crippen LogP contribution in [-0.2, 0) is 0 Å². The Morgan fingerprint density at radius 2 is 1.75 bits per heavy atom. The van der Waals surface area contributed by atoms with Gasteiger partial charge in [0.05, 0.1) is 5.52 Å². The molecule has 0 saturated heterocycles. The van der Waals surface area contributed by atoms with Crippen molar-refractivity contribution in [3.05, 3.63) is 54.1 Å². The van der Waals surface area contributed by atoms with Gasteiger partial charge in [-0.1, -0.05) is 29.5 Å². The summed E-state index contributed by atoms with van der Waals surface area (Å²) in [5.41, 5.74) is 4.23. The Bertz CT molecular complexity index is 739. The summed E-state index contributed by atoms with van der Waals surface area (Å²) in [4.78, 5) is 2.08. The van der Waals surface area contributed by atoms with Gasteiger partial charge in [-0.3, -0.25) is 0 Å². The first kappa shape index (κ1) is 12.4. The molecule has 100 valence electrons. The number of benzene rings is 2. The van der Waals surface area contributed by atoms with E-state index in [4.69, 9.17) is 0 Å². The van der Waals surface area contributed by atoms with E-state index in [1.807, 2.05) is 50.6 Å². The van der Waals surface area contributed by atoms with Gasteiger partial charge in [0.2, 0.25) is 0 Å². The molecule has 0 radical (unpaired) electrons. The fourth-order valence-electron chi connectivity index (χ4n) is 2.04. The minimum Gasteiger partial charge on any atom is -0.378 e. The van der Waals surface area contributed by atoms with E-state index in [-0.39, 0.29) is 0 Å². The van der Waals surface area contributed by atoms with Gasteiger partial charge in [-0.15, -0.1) is 5.10 Å². The Balaban J connectivity index is 1.86. The Labute approximate surface area is 117 Å². The van der Waals surface area contributed by atoms with Gasteiger partial charge in [-0.25, -0.2) is 4.68 Å². The van der Waals surface area contributed by atoms with E-state index in [0.717, 1.165) is 16.6 Å². The van der Waals surface area contributed by atoms with Crippen LogP contribution in [0.2, 0.25) is 0 Å². The molecule has 0 N–H and O–H groups in total. The molecule has 4 nitrogen and oxygen atoms in total. The lowest BCUT2D eigenvalue weighted by molar-refractivity contribution is 0.863. The fraction of sp³-hybridized carbons (Fsp3) is 0.125. The van der Waals surface area contributed by atoms with E-state index >= 15 is 0 Å². The lowest BCUT2D eigenvalue weighted by Crippen LogP contribution is -2.07. The molecule has 0 fully saturated rings. The van der Waals surface area contributed by atoms with Crippen molar-refractivity contribution < 1.29 is 0 Å². The normalized spacial score (nSPS) is 11.3. The van der Waals surface area contributed by atoms with Gasteiger partial charge >= 0.3 is 0 Å². The highest BCUT2D eigenvalue weighted by Gasteiger charge is 1.99. The van der Waals surface area contributed by atoms with Crippen LogP contribution in [0.25, 0.3) is 23.3 Å². The zero-order chi connectivity index (χ0) is 13.9. The second-order valence-electron chi connectivity index (χ2n) is 4.82. The lowest BCUT2D eigenvalue weighted by atomic mass is 10.2. The molecule has 0 aliphatic carbocycles. The zero-order valence-electron chi connectivity index (χ0n) is 11.6. The van der Waals surface area contributed by atoms with Crippen molar-refractivity contribution in [2.75, 3.05) is 19.0 Å². The van der Waals surface area contributed by atoms with Crippen LogP contribution in [0, 0.1) is 0 Å². The van der Waals surface area contributed by atoms with E-state index < -0.39 is 0 Å². The number of fused-ring (bicyclic) bond motifs is 1. The van der Waals surface area contributed by atoms with Crippen LogP contribution in [0.5, 0.6) is 0 Å². The summed E-state index contributed by atoms with van der Waals surface area (Å²) in [6.07, 6.45) is 3.96. The highest BCUT2D eigenvalue weighted by molar-refractivity contribution is 5.77. The first-order valence-corrected chi connectivity index (χ1v) is 6.49. The summed E-state index contributed by atoms with van der Waals surface area (Å²) in [5.74, 6) is 0. The van der Waals surface area contributed by atoms with Crippen LogP contribution >= 0.6 is 0 Å². The van der Waals surface area contributed by atoms with Crippen molar-refractivity contribution in [2.24, 2.45) is 0 Å². The molecule has 1 heterocycles. The molecule has 0 bridgehead atoms. The average molecular weight is 264 g/mol. The number of rotatable bonds is 3. The van der Waals surface area contributed by atoms with E-state index in [1.165, 1.54) is 5.69 Å². The third kappa shape index (κ3) is 2.40. The Morgan fingerprint density at radius 3 is 2.50 bits per heavy atom. The van der Waals surface area contributed by atoms with Gasteiger partial charge in [-0.2, -0.15) is 0 Å². The lowest BCUT2D eigenvalue weighted by Gasteiger charge is -2.11. The fourth-order valence-corrected chi connectivity index (χ4v) is 2.04. The minimum atomic E-state index is 0.903. The SMILES string of the molecule is CN(C)c1ccc(/C=C/n2nnc3ccccc32)cc1. The summed E-state index contributed by atoms with van der Waals surface area (Å²) >= 11 is 0. The van der Waals surface area contributed by atoms with Crippen molar-refractivity contribution in [1.29, 1.82) is 0 Å². The smallest absolute Gasteiger partial charge is 0.113 e. The maximum absolute atomic E-state index is 4.13. The second-order valence-corrected chi connectivity index (χ2v) is 4.82. The van der Waals surface area contributed by atoms with Crippen molar-refractivity contribution in [3.63, 3.8) is 0 Å². The predicted molar refractivity (Wildman–Crippen MR) is 83.5 cm³/mol. The number of nitrogens with zero attached hydrogens (tertiary/aromatic N) is 4. The van der Waals surface area contributed by atoms with Gasteiger partial charge in [0, 0.05) is 26.0 Å². The summed E-state index contributed by atoms with van der Waals surface area (Å²) in [5, 5.41) is 8.25. The van der Waals surface area contributed by atoms with Crippen molar-refractivity contribution in [3.8, 4) is 0 Å². The summed E-state index contributed by atoms with van der Waals surface area (Å²) < 4.78 is 1.79. The number of aromatic nitrogens is 3. The molecule has 0 unspecified atom stereocenters. The minimum absolute atomic E-state index is 0.903. The molecule has 1 aromatic heterocycles. The van der Waals surface area contributed by atoms with Gasteiger partial charge in [0.15, 0.2) is 0 Å². The number of para-hydroxylation sites is 1. The highest BCUT2D eigenvalue weighted by Crippen LogP contribution is 2.14. The monoisotopic (exact) mass is 264 g/mol. The predicted octanol–water partition coefficient (Wildman–Crippen LogP) is 3.13. The summed E-state index contributed by atoms with van der Waals surface area (Å²) in [6, 6.07) is 16.3. The Hall–Kier alpha value is -2.62. The van der Waals surface area contributed by atoms with E-state index in [1.54, 1.807) is 4.68 Å². The largest absolute Gasteiger partial charge is 0.378 e. The molecule has 0 aliphatic rings. The highest BCUT2D eigenvalue weighted by atomic mass is 15.4. The molecule has 0 amide bonds. The second kappa shape index (κ2) is 5.17. The molecule has 0 spiro atoms. The van der Waals surface area contributed by atoms with Crippen LogP contribution < -0.4 is 4.90 Å². The van der Waals surface area contributed by atoms with Gasteiger partial charge < -0.3 is 4.90 Å². The molecule has 3 rings (SSSR count). The van der Waals surface area contributed by atoms with Crippen LogP contribution in [0.4, 0.5) is 5.69 Å². The third-order valence-corrected chi connectivity index (χ3v) is 3.20. The maximum Gasteiger partial charge on any atom is 0.113 e. The van der Waals surface area contributed by atoms with Crippen molar-refractivity contribution >= 4 is 29.0 Å². The van der Waals surface area contributed by atoms with Crippen LogP contribution in [-0.4, -0.2) is 29.1 Å². The Kier molecular flexibility index (Phi) is 3.21. The molecule has 0 atom stereocenters. The van der Waals surface area contributed by atoms with Gasteiger partial charge in [-0.05, 0) is 35.9 Å².